The van der Waals surface area contributed by atoms with Crippen molar-refractivity contribution in [3.8, 4) is 0 Å². The van der Waals surface area contributed by atoms with Crippen molar-refractivity contribution in [2.24, 2.45) is 0 Å². The summed E-state index contributed by atoms with van der Waals surface area (Å²) < 4.78 is 0. The van der Waals surface area contributed by atoms with E-state index in [4.69, 9.17) is 0 Å². The van der Waals surface area contributed by atoms with Gasteiger partial charge in [0.25, 0.3) is 0 Å². The molecule has 0 radical (unpaired) electrons. The smallest absolute Gasteiger partial charge is 0.0169 e. The molecule has 0 saturated heterocycles. The van der Waals surface area contributed by atoms with Crippen LogP contribution in [0.3, 0.4) is 0 Å². The lowest BCUT2D eigenvalue weighted by Gasteiger charge is -1.96. The topological polar surface area (TPSA) is 0 Å². The second kappa shape index (κ2) is 6.60. The normalized spacial score (nSPS) is 11.6. The molecule has 0 unspecified atom stereocenters. The van der Waals surface area contributed by atoms with Gasteiger partial charge in [-0.15, -0.1) is 6.58 Å². The monoisotopic (exact) mass is 138 g/mol. The third-order valence-electron chi connectivity index (χ3n) is 1.56. The van der Waals surface area contributed by atoms with Crippen LogP contribution in [0.4, 0.5) is 0 Å². The molecule has 10 heavy (non-hydrogen) atoms. The number of allylic oxidation sites excluding steroid dienone is 3. The van der Waals surface area contributed by atoms with E-state index >= 15 is 0 Å². The first kappa shape index (κ1) is 9.48. The van der Waals surface area contributed by atoms with Crippen LogP contribution in [-0.2, 0) is 0 Å². The molecule has 0 N–H and O–H groups in total. The molecular weight excluding hydrogens is 120 g/mol. The maximum atomic E-state index is 3.67. The molecule has 0 aromatic carbocycles. The third-order valence-corrected chi connectivity index (χ3v) is 1.56. The van der Waals surface area contributed by atoms with Gasteiger partial charge in [-0.3, -0.25) is 0 Å². The van der Waals surface area contributed by atoms with E-state index in [1.54, 1.807) is 0 Å². The zero-order chi connectivity index (χ0) is 7.82. The highest BCUT2D eigenvalue weighted by Gasteiger charge is 1.86. The first-order chi connectivity index (χ1) is 4.81. The molecule has 0 fully saturated rings. The van der Waals surface area contributed by atoms with Crippen LogP contribution in [0.25, 0.3) is 0 Å². The van der Waals surface area contributed by atoms with E-state index in [1.807, 2.05) is 6.08 Å². The number of hydrogen-bond donors (Lipinski definition) is 0. The molecule has 0 rings (SSSR count). The van der Waals surface area contributed by atoms with Crippen LogP contribution < -0.4 is 0 Å². The summed E-state index contributed by atoms with van der Waals surface area (Å²) in [6, 6.07) is 0. The Hall–Kier alpha value is -0.520. The third kappa shape index (κ3) is 5.61. The van der Waals surface area contributed by atoms with Crippen molar-refractivity contribution in [3.63, 3.8) is 0 Å². The lowest BCUT2D eigenvalue weighted by atomic mass is 10.1. The summed E-state index contributed by atoms with van der Waals surface area (Å²) in [4.78, 5) is 0. The molecule has 0 atom stereocenters. The van der Waals surface area contributed by atoms with Crippen molar-refractivity contribution in [2.45, 2.75) is 39.5 Å². The summed E-state index contributed by atoms with van der Waals surface area (Å²) in [6.45, 7) is 8.08. The Bertz CT molecular complexity index is 109. The second-order valence-electron chi connectivity index (χ2n) is 2.68. The Morgan fingerprint density at radius 3 is 2.70 bits per heavy atom. The zero-order valence-electron chi connectivity index (χ0n) is 7.19. The molecule has 0 heteroatoms. The summed E-state index contributed by atoms with van der Waals surface area (Å²) in [6.07, 6.45) is 9.08. The molecule has 0 aliphatic carbocycles. The summed E-state index contributed by atoms with van der Waals surface area (Å²) in [5.74, 6) is 0. The Morgan fingerprint density at radius 1 is 1.50 bits per heavy atom. The molecule has 0 heterocycles. The van der Waals surface area contributed by atoms with Gasteiger partial charge in [-0.25, -0.2) is 0 Å². The van der Waals surface area contributed by atoms with Crippen molar-refractivity contribution in [3.05, 3.63) is 24.3 Å². The Labute approximate surface area is 64.6 Å². The van der Waals surface area contributed by atoms with Crippen molar-refractivity contribution >= 4 is 0 Å². The fourth-order valence-electron chi connectivity index (χ4n) is 0.842. The van der Waals surface area contributed by atoms with Gasteiger partial charge in [-0.05, 0) is 26.2 Å². The quantitative estimate of drug-likeness (QED) is 0.508. The van der Waals surface area contributed by atoms with E-state index < -0.39 is 0 Å². The van der Waals surface area contributed by atoms with Crippen LogP contribution in [-0.4, -0.2) is 0 Å². The van der Waals surface area contributed by atoms with Crippen LogP contribution in [0.5, 0.6) is 0 Å². The minimum Gasteiger partial charge on any atom is -0.103 e. The van der Waals surface area contributed by atoms with Crippen LogP contribution in [0.1, 0.15) is 39.5 Å². The van der Waals surface area contributed by atoms with Gasteiger partial charge in [-0.2, -0.15) is 0 Å². The van der Waals surface area contributed by atoms with Gasteiger partial charge in [0.05, 0.1) is 0 Å². The highest BCUT2D eigenvalue weighted by molar-refractivity contribution is 5.00. The molecule has 0 nitrogen and oxygen atoms in total. The van der Waals surface area contributed by atoms with Gasteiger partial charge < -0.3 is 0 Å². The predicted molar refractivity (Wildman–Crippen MR) is 48.1 cm³/mol. The van der Waals surface area contributed by atoms with E-state index in [1.165, 1.54) is 24.8 Å². The van der Waals surface area contributed by atoms with Crippen LogP contribution in [0, 0.1) is 0 Å². The Balaban J connectivity index is 3.38. The van der Waals surface area contributed by atoms with Gasteiger partial charge in [0.15, 0.2) is 0 Å². The molecule has 0 spiro atoms. The molecular formula is C10H18. The number of rotatable bonds is 5. The van der Waals surface area contributed by atoms with Crippen LogP contribution in [0.2, 0.25) is 0 Å². The predicted octanol–water partition coefficient (Wildman–Crippen LogP) is 3.70. The molecule has 58 valence electrons. The first-order valence-corrected chi connectivity index (χ1v) is 4.07. The van der Waals surface area contributed by atoms with E-state index in [0.29, 0.717) is 0 Å². The average Bonchev–Trinajstić information content (AvgIpc) is 1.97. The maximum Gasteiger partial charge on any atom is -0.0169 e. The van der Waals surface area contributed by atoms with Gasteiger partial charge in [0.2, 0.25) is 0 Å². The van der Waals surface area contributed by atoms with E-state index in [2.05, 4.69) is 26.5 Å². The lowest BCUT2D eigenvalue weighted by Crippen LogP contribution is -1.76. The largest absolute Gasteiger partial charge is 0.103 e. The second-order valence-corrected chi connectivity index (χ2v) is 2.68. The molecule has 0 aromatic heterocycles. The van der Waals surface area contributed by atoms with Crippen LogP contribution in [0.15, 0.2) is 24.3 Å². The molecule has 0 bridgehead atoms. The highest BCUT2D eigenvalue weighted by atomic mass is 13.9. The number of unbranched alkanes of at least 4 members (excludes halogenated alkanes) is 1. The SMILES string of the molecule is C=CCC=C(C)CCCC. The van der Waals surface area contributed by atoms with E-state index in [-0.39, 0.29) is 0 Å². The molecule has 0 aromatic rings. The standard InChI is InChI=1S/C10H18/c1-4-6-8-10(3)9-7-5-2/h4,8H,1,5-7,9H2,2-3H3. The summed E-state index contributed by atoms with van der Waals surface area (Å²) >= 11 is 0. The van der Waals surface area contributed by atoms with Gasteiger partial charge in [0, 0.05) is 0 Å². The Kier molecular flexibility index (Phi) is 6.25. The van der Waals surface area contributed by atoms with Crippen molar-refractivity contribution in [1.82, 2.24) is 0 Å². The van der Waals surface area contributed by atoms with Gasteiger partial charge >= 0.3 is 0 Å². The van der Waals surface area contributed by atoms with Crippen molar-refractivity contribution in [2.75, 3.05) is 0 Å². The highest BCUT2D eigenvalue weighted by Crippen LogP contribution is 2.06. The summed E-state index contributed by atoms with van der Waals surface area (Å²) in [5.41, 5.74) is 1.50. The van der Waals surface area contributed by atoms with Gasteiger partial charge in [-0.1, -0.05) is 31.1 Å². The maximum absolute atomic E-state index is 3.67. The fourth-order valence-corrected chi connectivity index (χ4v) is 0.842. The molecule has 0 amide bonds. The number of hydrogen-bond acceptors (Lipinski definition) is 0. The van der Waals surface area contributed by atoms with E-state index in [0.717, 1.165) is 6.42 Å². The van der Waals surface area contributed by atoms with Crippen molar-refractivity contribution < 1.29 is 0 Å². The first-order valence-electron chi connectivity index (χ1n) is 4.07. The molecule has 0 aliphatic heterocycles. The van der Waals surface area contributed by atoms with E-state index in [9.17, 15) is 0 Å². The molecule has 0 aliphatic rings. The van der Waals surface area contributed by atoms with Crippen LogP contribution >= 0.6 is 0 Å². The zero-order valence-corrected chi connectivity index (χ0v) is 7.19. The minimum absolute atomic E-state index is 1.02. The minimum atomic E-state index is 1.02. The summed E-state index contributed by atoms with van der Waals surface area (Å²) in [7, 11) is 0. The Morgan fingerprint density at radius 2 is 2.20 bits per heavy atom. The van der Waals surface area contributed by atoms with Gasteiger partial charge in [0.1, 0.15) is 0 Å². The summed E-state index contributed by atoms with van der Waals surface area (Å²) in [5, 5.41) is 0. The average molecular weight is 138 g/mol. The fraction of sp³-hybridized carbons (Fsp3) is 0.600. The van der Waals surface area contributed by atoms with Crippen molar-refractivity contribution in [1.29, 1.82) is 0 Å². The molecule has 0 saturated carbocycles. The lowest BCUT2D eigenvalue weighted by molar-refractivity contribution is 0.785.